The molecular weight excluding hydrogens is 425 g/mol. The Hall–Kier alpha value is -2.51. The third kappa shape index (κ3) is 5.22. The molecule has 3 aromatic rings. The van der Waals surface area contributed by atoms with Crippen LogP contribution in [0.3, 0.4) is 0 Å². The summed E-state index contributed by atoms with van der Waals surface area (Å²) in [5.74, 6) is 0. The van der Waals surface area contributed by atoms with Gasteiger partial charge in [-0.3, -0.25) is 4.90 Å². The second kappa shape index (κ2) is 9.75. The summed E-state index contributed by atoms with van der Waals surface area (Å²) >= 11 is 12.6. The smallest absolute Gasteiger partial charge is 0.101 e. The summed E-state index contributed by atoms with van der Waals surface area (Å²) in [5.41, 5.74) is 5.38. The van der Waals surface area contributed by atoms with Gasteiger partial charge in [-0.2, -0.15) is 5.26 Å². The summed E-state index contributed by atoms with van der Waals surface area (Å²) in [7, 11) is 0. The summed E-state index contributed by atoms with van der Waals surface area (Å²) < 4.78 is 0. The Bertz CT molecular complexity index is 1110. The van der Waals surface area contributed by atoms with Crippen molar-refractivity contribution in [3.8, 4) is 6.07 Å². The number of anilines is 1. The fourth-order valence-electron chi connectivity index (χ4n) is 4.28. The van der Waals surface area contributed by atoms with E-state index in [2.05, 4.69) is 53.1 Å². The van der Waals surface area contributed by atoms with Crippen molar-refractivity contribution in [2.24, 2.45) is 0 Å². The first-order valence-corrected chi connectivity index (χ1v) is 11.3. The number of likely N-dealkylation sites (tertiary alicyclic amines) is 1. The van der Waals surface area contributed by atoms with E-state index < -0.39 is 0 Å². The van der Waals surface area contributed by atoms with E-state index >= 15 is 0 Å². The van der Waals surface area contributed by atoms with Gasteiger partial charge in [0, 0.05) is 42.9 Å². The molecule has 1 unspecified atom stereocenters. The van der Waals surface area contributed by atoms with E-state index in [4.69, 9.17) is 23.2 Å². The van der Waals surface area contributed by atoms with Crippen LogP contribution < -0.4 is 4.90 Å². The monoisotopic (exact) mass is 449 g/mol. The van der Waals surface area contributed by atoms with Crippen LogP contribution in [0.4, 0.5) is 5.69 Å². The van der Waals surface area contributed by atoms with Gasteiger partial charge in [-0.25, -0.2) is 0 Å². The Morgan fingerprint density at radius 3 is 2.65 bits per heavy atom. The molecule has 1 heterocycles. The van der Waals surface area contributed by atoms with Crippen molar-refractivity contribution in [1.82, 2.24) is 4.90 Å². The minimum atomic E-state index is 0.364. The fourth-order valence-corrected chi connectivity index (χ4v) is 4.71. The van der Waals surface area contributed by atoms with Crippen LogP contribution in [0.1, 0.15) is 28.7 Å². The molecule has 0 amide bonds. The van der Waals surface area contributed by atoms with Gasteiger partial charge >= 0.3 is 0 Å². The lowest BCUT2D eigenvalue weighted by Gasteiger charge is -2.32. The number of hydrogen-bond acceptors (Lipinski definition) is 3. The van der Waals surface area contributed by atoms with Crippen LogP contribution in [-0.2, 0) is 13.1 Å². The first-order valence-electron chi connectivity index (χ1n) is 10.5. The molecule has 1 aliphatic heterocycles. The maximum Gasteiger partial charge on any atom is 0.101 e. The van der Waals surface area contributed by atoms with Crippen molar-refractivity contribution >= 4 is 28.9 Å². The molecule has 0 spiro atoms. The SMILES string of the molecule is Cc1ccccc1CN(c1ccc(C#N)c(Cl)c1)C1CCN(Cc2cccc(Cl)c2)C1. The van der Waals surface area contributed by atoms with Crippen LogP contribution in [0, 0.1) is 18.3 Å². The molecule has 3 aromatic carbocycles. The minimum Gasteiger partial charge on any atom is -0.363 e. The molecule has 1 aliphatic rings. The average Bonchev–Trinajstić information content (AvgIpc) is 3.21. The molecule has 0 N–H and O–H groups in total. The zero-order valence-electron chi connectivity index (χ0n) is 17.6. The largest absolute Gasteiger partial charge is 0.363 e. The molecule has 1 fully saturated rings. The number of halogens is 2. The quantitative estimate of drug-likeness (QED) is 0.432. The molecule has 3 nitrogen and oxygen atoms in total. The molecule has 0 radical (unpaired) electrons. The molecular formula is C26H25Cl2N3. The number of rotatable bonds is 6. The highest BCUT2D eigenvalue weighted by Gasteiger charge is 2.28. The molecule has 0 bridgehead atoms. The molecule has 5 heteroatoms. The van der Waals surface area contributed by atoms with Crippen molar-refractivity contribution in [1.29, 1.82) is 5.26 Å². The molecule has 1 atom stereocenters. The Balaban J connectivity index is 1.58. The van der Waals surface area contributed by atoms with Gasteiger partial charge in [0.05, 0.1) is 10.6 Å². The molecule has 31 heavy (non-hydrogen) atoms. The highest BCUT2D eigenvalue weighted by Crippen LogP contribution is 2.30. The number of nitriles is 1. The van der Waals surface area contributed by atoms with Crippen LogP contribution in [-0.4, -0.2) is 24.0 Å². The van der Waals surface area contributed by atoms with E-state index in [1.807, 2.05) is 36.4 Å². The van der Waals surface area contributed by atoms with Crippen LogP contribution in [0.2, 0.25) is 10.0 Å². The highest BCUT2D eigenvalue weighted by molar-refractivity contribution is 6.32. The number of hydrogen-bond donors (Lipinski definition) is 0. The van der Waals surface area contributed by atoms with Gasteiger partial charge in [-0.05, 0) is 60.4 Å². The van der Waals surface area contributed by atoms with E-state index in [1.165, 1.54) is 16.7 Å². The fraction of sp³-hybridized carbons (Fsp3) is 0.269. The Labute approximate surface area is 194 Å². The third-order valence-corrected chi connectivity index (χ3v) is 6.54. The lowest BCUT2D eigenvalue weighted by molar-refractivity contribution is 0.325. The van der Waals surface area contributed by atoms with Gasteiger partial charge in [0.1, 0.15) is 6.07 Å². The van der Waals surface area contributed by atoms with E-state index in [0.717, 1.165) is 43.3 Å². The number of benzene rings is 3. The van der Waals surface area contributed by atoms with Gasteiger partial charge in [0.25, 0.3) is 0 Å². The summed E-state index contributed by atoms with van der Waals surface area (Å²) in [6, 6.07) is 24.9. The molecule has 0 saturated carbocycles. The summed E-state index contributed by atoms with van der Waals surface area (Å²) in [4.78, 5) is 4.92. The summed E-state index contributed by atoms with van der Waals surface area (Å²) in [5, 5.41) is 10.5. The molecule has 1 saturated heterocycles. The van der Waals surface area contributed by atoms with Crippen molar-refractivity contribution in [2.45, 2.75) is 32.5 Å². The van der Waals surface area contributed by atoms with Gasteiger partial charge in [-0.15, -0.1) is 0 Å². The lowest BCUT2D eigenvalue weighted by atomic mass is 10.1. The highest BCUT2D eigenvalue weighted by atomic mass is 35.5. The first kappa shape index (κ1) is 21.7. The summed E-state index contributed by atoms with van der Waals surface area (Å²) in [6.45, 7) is 5.86. The van der Waals surface area contributed by atoms with Gasteiger partial charge in [-0.1, -0.05) is 59.6 Å². The van der Waals surface area contributed by atoms with E-state index in [1.54, 1.807) is 0 Å². The van der Waals surface area contributed by atoms with Crippen LogP contribution in [0.25, 0.3) is 0 Å². The van der Waals surface area contributed by atoms with Crippen LogP contribution >= 0.6 is 23.2 Å². The normalized spacial score (nSPS) is 16.3. The maximum atomic E-state index is 9.26. The topological polar surface area (TPSA) is 30.3 Å². The zero-order chi connectivity index (χ0) is 21.8. The maximum absolute atomic E-state index is 9.26. The van der Waals surface area contributed by atoms with E-state index in [-0.39, 0.29) is 0 Å². The molecule has 0 aromatic heterocycles. The van der Waals surface area contributed by atoms with Crippen LogP contribution in [0.5, 0.6) is 0 Å². The predicted molar refractivity (Wildman–Crippen MR) is 129 cm³/mol. The van der Waals surface area contributed by atoms with Crippen molar-refractivity contribution < 1.29 is 0 Å². The Morgan fingerprint density at radius 2 is 1.90 bits per heavy atom. The van der Waals surface area contributed by atoms with Gasteiger partial charge in [0.15, 0.2) is 0 Å². The minimum absolute atomic E-state index is 0.364. The Kier molecular flexibility index (Phi) is 6.83. The van der Waals surface area contributed by atoms with Gasteiger partial charge in [0.2, 0.25) is 0 Å². The average molecular weight is 450 g/mol. The van der Waals surface area contributed by atoms with Crippen molar-refractivity contribution in [2.75, 3.05) is 18.0 Å². The van der Waals surface area contributed by atoms with Crippen LogP contribution in [0.15, 0.2) is 66.7 Å². The summed E-state index contributed by atoms with van der Waals surface area (Å²) in [6.07, 6.45) is 1.07. The second-order valence-electron chi connectivity index (χ2n) is 8.14. The third-order valence-electron chi connectivity index (χ3n) is 5.99. The number of nitrogens with zero attached hydrogens (tertiary/aromatic N) is 3. The van der Waals surface area contributed by atoms with Crippen molar-refractivity contribution in [3.63, 3.8) is 0 Å². The lowest BCUT2D eigenvalue weighted by Crippen LogP contribution is -2.37. The second-order valence-corrected chi connectivity index (χ2v) is 8.98. The zero-order valence-corrected chi connectivity index (χ0v) is 19.1. The van der Waals surface area contributed by atoms with Crippen molar-refractivity contribution in [3.05, 3.63) is 99.0 Å². The standard InChI is InChI=1S/C26H25Cl2N3/c1-19-5-2-3-7-22(19)17-31(24-10-9-21(15-29)26(28)14-24)25-11-12-30(18-25)16-20-6-4-8-23(27)13-20/h2-10,13-14,25H,11-12,16-18H2,1H3. The van der Waals surface area contributed by atoms with E-state index in [0.29, 0.717) is 16.6 Å². The predicted octanol–water partition coefficient (Wildman–Crippen LogP) is 6.45. The molecule has 0 aliphatic carbocycles. The molecule has 158 valence electrons. The Morgan fingerprint density at radius 1 is 1.06 bits per heavy atom. The van der Waals surface area contributed by atoms with E-state index in [9.17, 15) is 5.26 Å². The molecule has 4 rings (SSSR count). The number of aryl methyl sites for hydroxylation is 1. The van der Waals surface area contributed by atoms with Gasteiger partial charge < -0.3 is 4.90 Å². The first-order chi connectivity index (χ1) is 15.0.